The number of carbonyl (C=O) groups excluding carboxylic acids is 1. The number of carbonyl (C=O) groups is 1. The van der Waals surface area contributed by atoms with Gasteiger partial charge in [0.25, 0.3) is 0 Å². The Kier molecular flexibility index (Phi) is 3.50. The van der Waals surface area contributed by atoms with Crippen molar-refractivity contribution in [3.63, 3.8) is 0 Å². The summed E-state index contributed by atoms with van der Waals surface area (Å²) in [6, 6.07) is 9.77. The molecular formula is C14H18N2O3. The van der Waals surface area contributed by atoms with Gasteiger partial charge >= 0.3 is 0 Å². The number of benzene rings is 1. The van der Waals surface area contributed by atoms with Crippen LogP contribution in [0.4, 0.5) is 0 Å². The highest BCUT2D eigenvalue weighted by Gasteiger charge is 2.42. The second kappa shape index (κ2) is 5.28. The SMILES string of the molecule is O=C1[C@@H]2C[C@@H](CO)ON2CCN1Cc1ccccc1. The van der Waals surface area contributed by atoms with Crippen LogP contribution in [0.15, 0.2) is 30.3 Å². The lowest BCUT2D eigenvalue weighted by Crippen LogP contribution is -2.53. The maximum atomic E-state index is 12.4. The van der Waals surface area contributed by atoms with Gasteiger partial charge in [-0.05, 0) is 5.56 Å². The van der Waals surface area contributed by atoms with Gasteiger partial charge in [-0.2, -0.15) is 5.06 Å². The van der Waals surface area contributed by atoms with Crippen molar-refractivity contribution in [2.75, 3.05) is 19.7 Å². The fourth-order valence-corrected chi connectivity index (χ4v) is 2.72. The molecule has 2 atom stereocenters. The van der Waals surface area contributed by atoms with Gasteiger partial charge in [0.2, 0.25) is 5.91 Å². The highest BCUT2D eigenvalue weighted by molar-refractivity contribution is 5.82. The highest BCUT2D eigenvalue weighted by Crippen LogP contribution is 2.26. The number of hydrogen-bond donors (Lipinski definition) is 1. The number of hydroxylamine groups is 2. The molecule has 2 heterocycles. The van der Waals surface area contributed by atoms with Gasteiger partial charge in [0.1, 0.15) is 12.1 Å². The Hall–Kier alpha value is -1.43. The fraction of sp³-hybridized carbons (Fsp3) is 0.500. The normalized spacial score (nSPS) is 27.6. The topological polar surface area (TPSA) is 53.0 Å². The Bertz CT molecular complexity index is 451. The van der Waals surface area contributed by atoms with Gasteiger partial charge < -0.3 is 10.0 Å². The predicted molar refractivity (Wildman–Crippen MR) is 68.9 cm³/mol. The molecule has 2 fully saturated rings. The molecule has 1 N–H and O–H groups in total. The molecule has 0 bridgehead atoms. The molecule has 1 amide bonds. The van der Waals surface area contributed by atoms with Crippen LogP contribution in [0.3, 0.4) is 0 Å². The number of rotatable bonds is 3. The van der Waals surface area contributed by atoms with E-state index in [1.165, 1.54) is 0 Å². The molecule has 0 saturated carbocycles. The summed E-state index contributed by atoms with van der Waals surface area (Å²) in [7, 11) is 0. The van der Waals surface area contributed by atoms with Gasteiger partial charge in [0.05, 0.1) is 6.61 Å². The number of fused-ring (bicyclic) bond motifs is 1. The van der Waals surface area contributed by atoms with Gasteiger partial charge in [0, 0.05) is 26.1 Å². The van der Waals surface area contributed by atoms with Crippen LogP contribution in [0.5, 0.6) is 0 Å². The van der Waals surface area contributed by atoms with E-state index in [2.05, 4.69) is 0 Å². The van der Waals surface area contributed by atoms with Crippen molar-refractivity contribution in [3.8, 4) is 0 Å². The third-order valence-corrected chi connectivity index (χ3v) is 3.73. The zero-order valence-corrected chi connectivity index (χ0v) is 10.7. The summed E-state index contributed by atoms with van der Waals surface area (Å²) < 4.78 is 0. The first-order valence-electron chi connectivity index (χ1n) is 6.65. The maximum Gasteiger partial charge on any atom is 0.242 e. The molecule has 2 saturated heterocycles. The van der Waals surface area contributed by atoms with Crippen LogP contribution in [0, 0.1) is 0 Å². The Morgan fingerprint density at radius 3 is 2.79 bits per heavy atom. The Morgan fingerprint density at radius 1 is 1.26 bits per heavy atom. The highest BCUT2D eigenvalue weighted by atomic mass is 16.7. The first-order valence-corrected chi connectivity index (χ1v) is 6.65. The van der Waals surface area contributed by atoms with Gasteiger partial charge in [-0.1, -0.05) is 30.3 Å². The summed E-state index contributed by atoms with van der Waals surface area (Å²) in [4.78, 5) is 19.8. The van der Waals surface area contributed by atoms with Gasteiger partial charge in [-0.25, -0.2) is 0 Å². The molecule has 19 heavy (non-hydrogen) atoms. The van der Waals surface area contributed by atoms with Crippen LogP contribution >= 0.6 is 0 Å². The summed E-state index contributed by atoms with van der Waals surface area (Å²) in [5.41, 5.74) is 1.14. The molecule has 5 heteroatoms. The number of aliphatic hydroxyl groups excluding tert-OH is 1. The molecule has 0 radical (unpaired) electrons. The monoisotopic (exact) mass is 262 g/mol. The number of piperazine rings is 1. The minimum absolute atomic E-state index is 0.0288. The van der Waals surface area contributed by atoms with Crippen molar-refractivity contribution >= 4 is 5.91 Å². The third kappa shape index (κ3) is 2.49. The van der Waals surface area contributed by atoms with Crippen LogP contribution in [-0.2, 0) is 16.2 Å². The van der Waals surface area contributed by atoms with Crippen molar-refractivity contribution < 1.29 is 14.7 Å². The zero-order valence-electron chi connectivity index (χ0n) is 10.7. The lowest BCUT2D eigenvalue weighted by atomic mass is 10.1. The number of hydrogen-bond acceptors (Lipinski definition) is 4. The summed E-state index contributed by atoms with van der Waals surface area (Å²) in [6.45, 7) is 1.99. The molecule has 2 aliphatic rings. The minimum atomic E-state index is -0.231. The predicted octanol–water partition coefficient (Wildman–Crippen LogP) is 0.396. The largest absolute Gasteiger partial charge is 0.394 e. The minimum Gasteiger partial charge on any atom is -0.394 e. The average molecular weight is 262 g/mol. The second-order valence-corrected chi connectivity index (χ2v) is 5.05. The van der Waals surface area contributed by atoms with Crippen LogP contribution < -0.4 is 0 Å². The van der Waals surface area contributed by atoms with E-state index >= 15 is 0 Å². The second-order valence-electron chi connectivity index (χ2n) is 5.05. The number of nitrogens with zero attached hydrogens (tertiary/aromatic N) is 2. The third-order valence-electron chi connectivity index (χ3n) is 3.73. The first-order chi connectivity index (χ1) is 9.28. The number of amides is 1. The molecule has 3 rings (SSSR count). The van der Waals surface area contributed by atoms with Crippen molar-refractivity contribution in [1.82, 2.24) is 9.96 Å². The number of aliphatic hydroxyl groups is 1. The standard InChI is InChI=1S/C14H18N2O3/c17-10-12-8-13-14(18)15(6-7-16(13)19-12)9-11-4-2-1-3-5-11/h1-5,12-13,17H,6-10H2/t12-,13-/m0/s1. The molecule has 1 aromatic carbocycles. The smallest absolute Gasteiger partial charge is 0.242 e. The van der Waals surface area contributed by atoms with Crippen molar-refractivity contribution in [2.45, 2.75) is 25.1 Å². The van der Waals surface area contributed by atoms with Gasteiger partial charge in [-0.15, -0.1) is 0 Å². The summed E-state index contributed by atoms with van der Waals surface area (Å²) >= 11 is 0. The van der Waals surface area contributed by atoms with E-state index in [0.717, 1.165) is 5.56 Å². The molecule has 1 aromatic rings. The molecule has 5 nitrogen and oxygen atoms in total. The zero-order chi connectivity index (χ0) is 13.2. The quantitative estimate of drug-likeness (QED) is 0.856. The maximum absolute atomic E-state index is 12.4. The molecule has 2 aliphatic heterocycles. The van der Waals surface area contributed by atoms with Crippen LogP contribution in [0.1, 0.15) is 12.0 Å². The van der Waals surface area contributed by atoms with E-state index in [9.17, 15) is 4.79 Å². The van der Waals surface area contributed by atoms with Crippen LogP contribution in [0.2, 0.25) is 0 Å². The van der Waals surface area contributed by atoms with Gasteiger partial charge in [0.15, 0.2) is 0 Å². The van der Waals surface area contributed by atoms with E-state index in [4.69, 9.17) is 9.94 Å². The van der Waals surface area contributed by atoms with E-state index in [1.807, 2.05) is 35.2 Å². The Labute approximate surface area is 112 Å². The molecule has 0 aliphatic carbocycles. The molecule has 0 aromatic heterocycles. The van der Waals surface area contributed by atoms with E-state index < -0.39 is 0 Å². The summed E-state index contributed by atoms with van der Waals surface area (Å²) in [5.74, 6) is 0.103. The first kappa shape index (κ1) is 12.6. The van der Waals surface area contributed by atoms with E-state index in [1.54, 1.807) is 5.06 Å². The van der Waals surface area contributed by atoms with Crippen molar-refractivity contribution in [2.24, 2.45) is 0 Å². The summed E-state index contributed by atoms with van der Waals surface area (Å²) in [5, 5.41) is 10.9. The van der Waals surface area contributed by atoms with Crippen LogP contribution in [0.25, 0.3) is 0 Å². The fourth-order valence-electron chi connectivity index (χ4n) is 2.72. The Morgan fingerprint density at radius 2 is 2.05 bits per heavy atom. The molecule has 102 valence electrons. The van der Waals surface area contributed by atoms with Crippen LogP contribution in [-0.4, -0.2) is 52.8 Å². The van der Waals surface area contributed by atoms with E-state index in [0.29, 0.717) is 26.1 Å². The lowest BCUT2D eigenvalue weighted by Gasteiger charge is -2.35. The van der Waals surface area contributed by atoms with E-state index in [-0.39, 0.29) is 24.7 Å². The molecular weight excluding hydrogens is 244 g/mol. The molecule has 0 unspecified atom stereocenters. The van der Waals surface area contributed by atoms with Crippen molar-refractivity contribution in [3.05, 3.63) is 35.9 Å². The van der Waals surface area contributed by atoms with Crippen molar-refractivity contribution in [1.29, 1.82) is 0 Å². The van der Waals surface area contributed by atoms with Gasteiger partial charge in [-0.3, -0.25) is 9.63 Å². The average Bonchev–Trinajstić information content (AvgIpc) is 2.87. The summed E-state index contributed by atoms with van der Waals surface area (Å²) in [6.07, 6.45) is 0.353. The lowest BCUT2D eigenvalue weighted by molar-refractivity contribution is -0.193. The molecule has 0 spiro atoms. The Balaban J connectivity index is 1.68.